The SMILES string of the molecule is O=S(=O)(CC1COCC1CCl)c1ccccc1. The Labute approximate surface area is 107 Å². The largest absolute Gasteiger partial charge is 0.381 e. The first-order valence-corrected chi connectivity index (χ1v) is 7.73. The van der Waals surface area contributed by atoms with Crippen molar-refractivity contribution in [3.05, 3.63) is 30.3 Å². The van der Waals surface area contributed by atoms with Gasteiger partial charge in [-0.1, -0.05) is 18.2 Å². The Morgan fingerprint density at radius 3 is 2.47 bits per heavy atom. The summed E-state index contributed by atoms with van der Waals surface area (Å²) in [6, 6.07) is 8.52. The minimum atomic E-state index is -3.23. The van der Waals surface area contributed by atoms with Gasteiger partial charge in [0.15, 0.2) is 9.84 Å². The van der Waals surface area contributed by atoms with Crippen LogP contribution < -0.4 is 0 Å². The highest BCUT2D eigenvalue weighted by Gasteiger charge is 2.32. The number of rotatable bonds is 4. The summed E-state index contributed by atoms with van der Waals surface area (Å²) in [6.45, 7) is 1.06. The van der Waals surface area contributed by atoms with Gasteiger partial charge >= 0.3 is 0 Å². The molecule has 1 aliphatic heterocycles. The van der Waals surface area contributed by atoms with E-state index in [1.54, 1.807) is 30.3 Å². The first kappa shape index (κ1) is 12.9. The third kappa shape index (κ3) is 3.00. The molecule has 3 nitrogen and oxygen atoms in total. The van der Waals surface area contributed by atoms with Crippen LogP contribution in [0.4, 0.5) is 0 Å². The van der Waals surface area contributed by atoms with Gasteiger partial charge in [0.2, 0.25) is 0 Å². The van der Waals surface area contributed by atoms with Gasteiger partial charge in [-0.15, -0.1) is 11.6 Å². The van der Waals surface area contributed by atoms with Gasteiger partial charge in [0.05, 0.1) is 23.9 Å². The summed E-state index contributed by atoms with van der Waals surface area (Å²) in [5.74, 6) is 0.733. The molecule has 0 amide bonds. The summed E-state index contributed by atoms with van der Waals surface area (Å²) >= 11 is 5.80. The fourth-order valence-electron chi connectivity index (χ4n) is 2.00. The van der Waals surface area contributed by atoms with Crippen molar-refractivity contribution in [3.8, 4) is 0 Å². The van der Waals surface area contributed by atoms with Crippen LogP contribution in [0.15, 0.2) is 35.2 Å². The summed E-state index contributed by atoms with van der Waals surface area (Å²) < 4.78 is 29.6. The third-order valence-corrected chi connectivity index (χ3v) is 5.32. The molecule has 0 bridgehead atoms. The maximum absolute atomic E-state index is 12.2. The smallest absolute Gasteiger partial charge is 0.178 e. The fraction of sp³-hybridized carbons (Fsp3) is 0.500. The predicted molar refractivity (Wildman–Crippen MR) is 67.0 cm³/mol. The summed E-state index contributed by atoms with van der Waals surface area (Å²) in [4.78, 5) is 0.375. The van der Waals surface area contributed by atoms with E-state index in [-0.39, 0.29) is 17.6 Å². The number of alkyl halides is 1. The van der Waals surface area contributed by atoms with Crippen LogP contribution in [-0.2, 0) is 14.6 Å². The van der Waals surface area contributed by atoms with Crippen molar-refractivity contribution >= 4 is 21.4 Å². The Hall–Kier alpha value is -0.580. The number of hydrogen-bond acceptors (Lipinski definition) is 3. The lowest BCUT2D eigenvalue weighted by atomic mass is 10.0. The molecule has 0 N–H and O–H groups in total. The van der Waals surface area contributed by atoms with Crippen LogP contribution in [0, 0.1) is 11.8 Å². The van der Waals surface area contributed by atoms with Gasteiger partial charge in [-0.05, 0) is 12.1 Å². The highest BCUT2D eigenvalue weighted by Crippen LogP contribution is 2.25. The van der Waals surface area contributed by atoms with E-state index >= 15 is 0 Å². The van der Waals surface area contributed by atoms with E-state index in [1.807, 2.05) is 0 Å². The lowest BCUT2D eigenvalue weighted by molar-refractivity contribution is 0.183. The maximum Gasteiger partial charge on any atom is 0.178 e. The van der Waals surface area contributed by atoms with Crippen molar-refractivity contribution < 1.29 is 13.2 Å². The first-order valence-electron chi connectivity index (χ1n) is 5.55. The second kappa shape index (κ2) is 5.38. The van der Waals surface area contributed by atoms with E-state index in [1.165, 1.54) is 0 Å². The van der Waals surface area contributed by atoms with E-state index in [0.717, 1.165) is 0 Å². The molecule has 2 unspecified atom stereocenters. The van der Waals surface area contributed by atoms with Gasteiger partial charge in [0, 0.05) is 17.7 Å². The molecule has 0 aliphatic carbocycles. The van der Waals surface area contributed by atoms with E-state index in [4.69, 9.17) is 16.3 Å². The Balaban J connectivity index is 2.13. The zero-order valence-electron chi connectivity index (χ0n) is 9.38. The zero-order chi connectivity index (χ0) is 12.3. The Bertz CT molecular complexity index is 458. The Kier molecular flexibility index (Phi) is 4.07. The summed E-state index contributed by atoms with van der Waals surface area (Å²) in [5, 5.41) is 0. The van der Waals surface area contributed by atoms with Crippen LogP contribution >= 0.6 is 11.6 Å². The molecule has 1 aromatic rings. The minimum Gasteiger partial charge on any atom is -0.381 e. The molecule has 1 saturated heterocycles. The maximum atomic E-state index is 12.2. The molecule has 1 heterocycles. The molecule has 1 fully saturated rings. The lowest BCUT2D eigenvalue weighted by Crippen LogP contribution is -2.23. The van der Waals surface area contributed by atoms with Crippen LogP contribution in [0.25, 0.3) is 0 Å². The first-order chi connectivity index (χ1) is 8.13. The van der Waals surface area contributed by atoms with Crippen molar-refractivity contribution in [2.24, 2.45) is 11.8 Å². The molecule has 94 valence electrons. The van der Waals surface area contributed by atoms with Crippen LogP contribution in [0.1, 0.15) is 0 Å². The molecule has 2 rings (SSSR count). The van der Waals surface area contributed by atoms with Crippen LogP contribution in [0.5, 0.6) is 0 Å². The average molecular weight is 275 g/mol. The number of sulfone groups is 1. The van der Waals surface area contributed by atoms with Crippen molar-refractivity contribution in [1.82, 2.24) is 0 Å². The van der Waals surface area contributed by atoms with Crippen molar-refractivity contribution in [1.29, 1.82) is 0 Å². The molecule has 17 heavy (non-hydrogen) atoms. The normalized spacial score (nSPS) is 25.0. The molecule has 0 saturated carbocycles. The van der Waals surface area contributed by atoms with E-state index < -0.39 is 9.84 Å². The average Bonchev–Trinajstić information content (AvgIpc) is 2.77. The topological polar surface area (TPSA) is 43.4 Å². The summed E-state index contributed by atoms with van der Waals surface area (Å²) in [5.41, 5.74) is 0. The Morgan fingerprint density at radius 1 is 1.18 bits per heavy atom. The molecule has 0 aromatic heterocycles. The number of ether oxygens (including phenoxy) is 1. The van der Waals surface area contributed by atoms with Crippen molar-refractivity contribution in [2.45, 2.75) is 4.90 Å². The van der Waals surface area contributed by atoms with E-state index in [2.05, 4.69) is 0 Å². The van der Waals surface area contributed by atoms with Gasteiger partial charge < -0.3 is 4.74 Å². The van der Waals surface area contributed by atoms with Crippen LogP contribution in [-0.4, -0.2) is 33.3 Å². The highest BCUT2D eigenvalue weighted by molar-refractivity contribution is 7.91. The van der Waals surface area contributed by atoms with E-state index in [0.29, 0.717) is 24.0 Å². The highest BCUT2D eigenvalue weighted by atomic mass is 35.5. The van der Waals surface area contributed by atoms with Gasteiger partial charge in [-0.2, -0.15) is 0 Å². The number of benzene rings is 1. The standard InChI is InChI=1S/C12H15ClO3S/c13-6-10-7-16-8-11(10)9-17(14,15)12-4-2-1-3-5-12/h1-5,10-11H,6-9H2. The lowest BCUT2D eigenvalue weighted by Gasteiger charge is -2.14. The molecular weight excluding hydrogens is 260 g/mol. The summed E-state index contributed by atoms with van der Waals surface area (Å²) in [6.07, 6.45) is 0. The Morgan fingerprint density at radius 2 is 1.82 bits per heavy atom. The van der Waals surface area contributed by atoms with Gasteiger partial charge in [-0.25, -0.2) is 8.42 Å². The second-order valence-electron chi connectivity index (χ2n) is 4.31. The van der Waals surface area contributed by atoms with Crippen LogP contribution in [0.2, 0.25) is 0 Å². The molecule has 1 aromatic carbocycles. The fourth-order valence-corrected chi connectivity index (χ4v) is 4.04. The zero-order valence-corrected chi connectivity index (χ0v) is 11.0. The molecule has 0 spiro atoms. The quantitative estimate of drug-likeness (QED) is 0.789. The molecular formula is C12H15ClO3S. The molecule has 1 aliphatic rings. The van der Waals surface area contributed by atoms with Crippen molar-refractivity contribution in [3.63, 3.8) is 0 Å². The molecule has 0 radical (unpaired) electrons. The van der Waals surface area contributed by atoms with Gasteiger partial charge in [-0.3, -0.25) is 0 Å². The van der Waals surface area contributed by atoms with Crippen molar-refractivity contribution in [2.75, 3.05) is 24.8 Å². The van der Waals surface area contributed by atoms with Gasteiger partial charge in [0.25, 0.3) is 0 Å². The van der Waals surface area contributed by atoms with Gasteiger partial charge in [0.1, 0.15) is 0 Å². The third-order valence-electron chi connectivity index (χ3n) is 3.06. The number of hydrogen-bond donors (Lipinski definition) is 0. The molecule has 2 atom stereocenters. The van der Waals surface area contributed by atoms with E-state index in [9.17, 15) is 8.42 Å². The minimum absolute atomic E-state index is 0.0118. The number of halogens is 1. The van der Waals surface area contributed by atoms with Crippen LogP contribution in [0.3, 0.4) is 0 Å². The monoisotopic (exact) mass is 274 g/mol. The predicted octanol–water partition coefficient (Wildman–Crippen LogP) is 1.96. The second-order valence-corrected chi connectivity index (χ2v) is 6.65. The molecule has 5 heteroatoms. The summed E-state index contributed by atoms with van der Waals surface area (Å²) in [7, 11) is -3.23.